The predicted octanol–water partition coefficient (Wildman–Crippen LogP) is 3.93. The number of ether oxygens (including phenoxy) is 3. The van der Waals surface area contributed by atoms with E-state index in [0.29, 0.717) is 21.5 Å². The van der Waals surface area contributed by atoms with Crippen molar-refractivity contribution in [1.29, 1.82) is 0 Å². The van der Waals surface area contributed by atoms with E-state index in [1.54, 1.807) is 42.5 Å². The minimum Gasteiger partial charge on any atom is -0.497 e. The molecular weight excluding hydrogens is 586 g/mol. The highest BCUT2D eigenvalue weighted by molar-refractivity contribution is 9.10. The quantitative estimate of drug-likeness (QED) is 0.223. The van der Waals surface area contributed by atoms with Gasteiger partial charge in [0.05, 0.1) is 25.5 Å². The SMILES string of the molecule is COC(=O)c1ccc(N2C(=O)NC(=O)/C(=C/c3cc(Br)ccc3OCC(=O)Nc3ccc(OC)cc3)C2=O)cc1. The number of anilines is 2. The Labute approximate surface area is 236 Å². The lowest BCUT2D eigenvalue weighted by atomic mass is 10.1. The number of hydrogen-bond donors (Lipinski definition) is 2. The van der Waals surface area contributed by atoms with Crippen LogP contribution in [0.15, 0.2) is 76.8 Å². The zero-order valence-electron chi connectivity index (χ0n) is 21.2. The van der Waals surface area contributed by atoms with Crippen LogP contribution in [0.4, 0.5) is 16.2 Å². The monoisotopic (exact) mass is 607 g/mol. The van der Waals surface area contributed by atoms with E-state index in [-0.39, 0.29) is 29.2 Å². The summed E-state index contributed by atoms with van der Waals surface area (Å²) < 4.78 is 16.1. The summed E-state index contributed by atoms with van der Waals surface area (Å²) in [6.07, 6.45) is 1.27. The van der Waals surface area contributed by atoms with Crippen molar-refractivity contribution in [3.63, 3.8) is 0 Å². The number of amides is 5. The molecule has 12 heteroatoms. The second-order valence-corrected chi connectivity index (χ2v) is 9.16. The van der Waals surface area contributed by atoms with Gasteiger partial charge in [-0.15, -0.1) is 0 Å². The van der Waals surface area contributed by atoms with E-state index in [4.69, 9.17) is 9.47 Å². The second kappa shape index (κ2) is 12.3. The Balaban J connectivity index is 1.55. The number of hydrogen-bond acceptors (Lipinski definition) is 8. The van der Waals surface area contributed by atoms with Crippen molar-refractivity contribution < 1.29 is 38.2 Å². The number of benzene rings is 3. The number of carbonyl (C=O) groups is 5. The Bertz CT molecular complexity index is 1520. The first kappa shape index (κ1) is 28.0. The molecule has 0 bridgehead atoms. The molecule has 0 aromatic heterocycles. The Hall–Kier alpha value is -4.97. The van der Waals surface area contributed by atoms with Gasteiger partial charge in [0.25, 0.3) is 17.7 Å². The van der Waals surface area contributed by atoms with Gasteiger partial charge in [0, 0.05) is 15.7 Å². The molecule has 2 N–H and O–H groups in total. The molecule has 0 aliphatic carbocycles. The van der Waals surface area contributed by atoms with E-state index in [0.717, 1.165) is 4.90 Å². The standard InChI is InChI=1S/C28H22BrN3O8/c1-38-21-10-6-19(7-11-21)30-24(33)15-40-23-12-5-18(29)13-17(23)14-22-25(34)31-28(37)32(26(22)35)20-8-3-16(4-9-20)27(36)39-2/h3-14H,15H2,1-2H3,(H,30,33)(H,31,34,37)/b22-14-. The number of imide groups is 2. The van der Waals surface area contributed by atoms with Gasteiger partial charge >= 0.3 is 12.0 Å². The summed E-state index contributed by atoms with van der Waals surface area (Å²) in [4.78, 5) is 63.4. The molecule has 1 heterocycles. The van der Waals surface area contributed by atoms with E-state index in [2.05, 4.69) is 31.3 Å². The average molecular weight is 608 g/mol. The molecule has 204 valence electrons. The van der Waals surface area contributed by atoms with Crippen LogP contribution < -0.4 is 25.0 Å². The van der Waals surface area contributed by atoms with Crippen LogP contribution in [0.25, 0.3) is 6.08 Å². The number of carbonyl (C=O) groups excluding carboxylic acids is 5. The summed E-state index contributed by atoms with van der Waals surface area (Å²) in [5, 5.41) is 4.84. The first-order valence-corrected chi connectivity index (χ1v) is 12.5. The predicted molar refractivity (Wildman–Crippen MR) is 148 cm³/mol. The molecule has 1 saturated heterocycles. The summed E-state index contributed by atoms with van der Waals surface area (Å²) in [5.41, 5.74) is 0.855. The summed E-state index contributed by atoms with van der Waals surface area (Å²) in [6, 6.07) is 16.2. The van der Waals surface area contributed by atoms with Crippen molar-refractivity contribution >= 4 is 63.1 Å². The summed E-state index contributed by atoms with van der Waals surface area (Å²) in [7, 11) is 2.77. The Morgan fingerprint density at radius 3 is 2.33 bits per heavy atom. The van der Waals surface area contributed by atoms with Crippen molar-refractivity contribution in [2.24, 2.45) is 0 Å². The van der Waals surface area contributed by atoms with E-state index < -0.39 is 29.7 Å². The van der Waals surface area contributed by atoms with Crippen molar-refractivity contribution in [2.75, 3.05) is 31.0 Å². The maximum absolute atomic E-state index is 13.3. The van der Waals surface area contributed by atoms with Gasteiger partial charge in [-0.1, -0.05) is 15.9 Å². The van der Waals surface area contributed by atoms with E-state index in [1.807, 2.05) is 0 Å². The zero-order chi connectivity index (χ0) is 28.8. The number of halogens is 1. The van der Waals surface area contributed by atoms with Crippen LogP contribution in [0.3, 0.4) is 0 Å². The third-order valence-corrected chi connectivity index (χ3v) is 6.15. The highest BCUT2D eigenvalue weighted by atomic mass is 79.9. The van der Waals surface area contributed by atoms with Gasteiger partial charge in [0.1, 0.15) is 17.1 Å². The van der Waals surface area contributed by atoms with Crippen molar-refractivity contribution in [3.05, 3.63) is 87.9 Å². The highest BCUT2D eigenvalue weighted by Crippen LogP contribution is 2.28. The largest absolute Gasteiger partial charge is 0.497 e. The molecule has 4 rings (SSSR count). The first-order valence-electron chi connectivity index (χ1n) is 11.7. The van der Waals surface area contributed by atoms with Gasteiger partial charge in [0.15, 0.2) is 6.61 Å². The molecule has 5 amide bonds. The Morgan fingerprint density at radius 2 is 1.68 bits per heavy atom. The lowest BCUT2D eigenvalue weighted by molar-refractivity contribution is -0.122. The fourth-order valence-electron chi connectivity index (χ4n) is 3.69. The first-order chi connectivity index (χ1) is 19.2. The van der Waals surface area contributed by atoms with Gasteiger partial charge in [-0.2, -0.15) is 0 Å². The molecule has 0 unspecified atom stereocenters. The van der Waals surface area contributed by atoms with Gasteiger partial charge in [-0.3, -0.25) is 19.7 Å². The van der Waals surface area contributed by atoms with Crippen molar-refractivity contribution in [2.45, 2.75) is 0 Å². The molecule has 1 fully saturated rings. The number of esters is 1. The number of methoxy groups -OCH3 is 2. The van der Waals surface area contributed by atoms with Gasteiger partial charge in [-0.05, 0) is 72.8 Å². The summed E-state index contributed by atoms with van der Waals surface area (Å²) >= 11 is 3.35. The normalized spacial score (nSPS) is 14.0. The van der Waals surface area contributed by atoms with Gasteiger partial charge in [0.2, 0.25) is 0 Å². The van der Waals surface area contributed by atoms with Gasteiger partial charge < -0.3 is 19.5 Å². The molecule has 40 heavy (non-hydrogen) atoms. The minimum absolute atomic E-state index is 0.134. The van der Waals surface area contributed by atoms with Crippen LogP contribution in [0.5, 0.6) is 11.5 Å². The van der Waals surface area contributed by atoms with Crippen LogP contribution in [-0.2, 0) is 19.1 Å². The number of nitrogens with zero attached hydrogens (tertiary/aromatic N) is 1. The van der Waals surface area contributed by atoms with Crippen LogP contribution in [-0.4, -0.2) is 50.5 Å². The van der Waals surface area contributed by atoms with Crippen LogP contribution in [0.2, 0.25) is 0 Å². The van der Waals surface area contributed by atoms with E-state index in [9.17, 15) is 24.0 Å². The lowest BCUT2D eigenvalue weighted by Gasteiger charge is -2.26. The summed E-state index contributed by atoms with van der Waals surface area (Å²) in [6.45, 7) is -0.360. The molecule has 1 aliphatic heterocycles. The second-order valence-electron chi connectivity index (χ2n) is 8.24. The molecule has 11 nitrogen and oxygen atoms in total. The maximum atomic E-state index is 13.3. The molecule has 0 spiro atoms. The average Bonchev–Trinajstić information content (AvgIpc) is 2.95. The third kappa shape index (κ3) is 6.35. The molecule has 3 aromatic carbocycles. The maximum Gasteiger partial charge on any atom is 0.337 e. The third-order valence-electron chi connectivity index (χ3n) is 5.65. The fraction of sp³-hybridized carbons (Fsp3) is 0.107. The van der Waals surface area contributed by atoms with Crippen molar-refractivity contribution in [3.8, 4) is 11.5 Å². The Kier molecular flexibility index (Phi) is 8.60. The number of nitrogens with one attached hydrogen (secondary N) is 2. The number of barbiturate groups is 1. The molecule has 3 aromatic rings. The van der Waals surface area contributed by atoms with Crippen LogP contribution in [0.1, 0.15) is 15.9 Å². The summed E-state index contributed by atoms with van der Waals surface area (Å²) in [5.74, 6) is -1.96. The molecule has 0 radical (unpaired) electrons. The molecule has 1 aliphatic rings. The van der Waals surface area contributed by atoms with E-state index >= 15 is 0 Å². The van der Waals surface area contributed by atoms with Crippen molar-refractivity contribution in [1.82, 2.24) is 5.32 Å². The number of urea groups is 1. The van der Waals surface area contributed by atoms with Gasteiger partial charge in [-0.25, -0.2) is 14.5 Å². The smallest absolute Gasteiger partial charge is 0.337 e. The van der Waals surface area contributed by atoms with Crippen LogP contribution >= 0.6 is 15.9 Å². The lowest BCUT2D eigenvalue weighted by Crippen LogP contribution is -2.54. The number of rotatable bonds is 8. The topological polar surface area (TPSA) is 140 Å². The van der Waals surface area contributed by atoms with E-state index in [1.165, 1.54) is 44.6 Å². The fourth-order valence-corrected chi connectivity index (χ4v) is 4.07. The highest BCUT2D eigenvalue weighted by Gasteiger charge is 2.37. The molecular formula is C28H22BrN3O8. The van der Waals surface area contributed by atoms with Crippen LogP contribution in [0, 0.1) is 0 Å². The Morgan fingerprint density at radius 1 is 0.975 bits per heavy atom. The molecule has 0 atom stereocenters. The zero-order valence-corrected chi connectivity index (χ0v) is 22.8. The minimum atomic E-state index is -0.945. The molecule has 0 saturated carbocycles.